The summed E-state index contributed by atoms with van der Waals surface area (Å²) in [6, 6.07) is 15.0. The zero-order valence-electron chi connectivity index (χ0n) is 11.5. The Morgan fingerprint density at radius 2 is 1.68 bits per heavy atom. The Kier molecular flexibility index (Phi) is 4.61. The summed E-state index contributed by atoms with van der Waals surface area (Å²) < 4.78 is 11.1. The van der Waals surface area contributed by atoms with Crippen LogP contribution in [-0.4, -0.2) is 10.2 Å². The molecule has 0 N–H and O–H groups in total. The zero-order chi connectivity index (χ0) is 15.4. The number of ether oxygens (including phenoxy) is 1. The number of rotatable bonds is 5. The van der Waals surface area contributed by atoms with Gasteiger partial charge in [-0.3, -0.25) is 0 Å². The van der Waals surface area contributed by atoms with Crippen LogP contribution in [0.5, 0.6) is 5.75 Å². The maximum atomic E-state index is 5.93. The second-order valence-corrected chi connectivity index (χ2v) is 5.43. The molecule has 3 rings (SSSR count). The summed E-state index contributed by atoms with van der Waals surface area (Å²) in [5, 5.41) is 8.90. The molecule has 0 aliphatic carbocycles. The molecule has 0 radical (unpaired) electrons. The van der Waals surface area contributed by atoms with Crippen molar-refractivity contribution in [2.45, 2.75) is 13.0 Å². The van der Waals surface area contributed by atoms with Gasteiger partial charge in [-0.25, -0.2) is 0 Å². The summed E-state index contributed by atoms with van der Waals surface area (Å²) in [5.41, 5.74) is 1.11. The molecule has 3 aromatic rings. The second kappa shape index (κ2) is 6.81. The number of nitrogens with zero attached hydrogens (tertiary/aromatic N) is 2. The highest BCUT2D eigenvalue weighted by Crippen LogP contribution is 2.26. The van der Waals surface area contributed by atoms with Crippen molar-refractivity contribution in [3.63, 3.8) is 0 Å². The van der Waals surface area contributed by atoms with E-state index in [9.17, 15) is 0 Å². The molecular weight excluding hydrogens is 323 g/mol. The highest BCUT2D eigenvalue weighted by molar-refractivity contribution is 6.42. The molecule has 0 saturated heterocycles. The molecule has 1 heterocycles. The van der Waals surface area contributed by atoms with E-state index >= 15 is 0 Å². The minimum atomic E-state index is 0.180. The van der Waals surface area contributed by atoms with Crippen LogP contribution in [0, 0.1) is 0 Å². The minimum Gasteiger partial charge on any atom is -0.484 e. The summed E-state index contributed by atoms with van der Waals surface area (Å²) >= 11 is 11.8. The maximum absolute atomic E-state index is 5.93. The van der Waals surface area contributed by atoms with Crippen LogP contribution in [0.25, 0.3) is 0 Å². The van der Waals surface area contributed by atoms with Gasteiger partial charge < -0.3 is 9.15 Å². The van der Waals surface area contributed by atoms with Crippen molar-refractivity contribution in [2.75, 3.05) is 0 Å². The molecule has 6 heteroatoms. The zero-order valence-corrected chi connectivity index (χ0v) is 13.0. The Hall–Kier alpha value is -2.04. The lowest BCUT2D eigenvalue weighted by Crippen LogP contribution is -1.95. The largest absolute Gasteiger partial charge is 0.484 e. The van der Waals surface area contributed by atoms with Crippen LogP contribution in [0.2, 0.25) is 10.0 Å². The molecule has 0 aliphatic rings. The Labute approximate surface area is 137 Å². The predicted octanol–water partition coefficient (Wildman–Crippen LogP) is 4.55. The normalized spacial score (nSPS) is 10.6. The SMILES string of the molecule is Clc1ccc(OCc2nnc(Cc3ccccc3)o2)cc1Cl. The highest BCUT2D eigenvalue weighted by atomic mass is 35.5. The van der Waals surface area contributed by atoms with Crippen molar-refractivity contribution in [3.8, 4) is 5.75 Å². The monoisotopic (exact) mass is 334 g/mol. The van der Waals surface area contributed by atoms with Crippen LogP contribution in [0.1, 0.15) is 17.3 Å². The summed E-state index contributed by atoms with van der Waals surface area (Å²) in [7, 11) is 0. The maximum Gasteiger partial charge on any atom is 0.253 e. The molecule has 0 amide bonds. The molecule has 0 aliphatic heterocycles. The molecule has 112 valence electrons. The van der Waals surface area contributed by atoms with Gasteiger partial charge in [0.2, 0.25) is 5.89 Å². The molecule has 0 saturated carbocycles. The lowest BCUT2D eigenvalue weighted by atomic mass is 10.2. The van der Waals surface area contributed by atoms with Gasteiger partial charge in [0, 0.05) is 6.07 Å². The van der Waals surface area contributed by atoms with Crippen molar-refractivity contribution in [1.82, 2.24) is 10.2 Å². The topological polar surface area (TPSA) is 48.2 Å². The lowest BCUT2D eigenvalue weighted by molar-refractivity contribution is 0.259. The van der Waals surface area contributed by atoms with E-state index in [4.69, 9.17) is 32.4 Å². The predicted molar refractivity (Wildman–Crippen MR) is 84.3 cm³/mol. The summed E-state index contributed by atoms with van der Waals surface area (Å²) in [5.74, 6) is 1.56. The molecule has 0 fully saturated rings. The van der Waals surface area contributed by atoms with E-state index in [2.05, 4.69) is 10.2 Å². The average molecular weight is 335 g/mol. The van der Waals surface area contributed by atoms with Gasteiger partial charge in [-0.15, -0.1) is 10.2 Å². The fourth-order valence-electron chi connectivity index (χ4n) is 1.90. The van der Waals surface area contributed by atoms with Crippen LogP contribution in [0.15, 0.2) is 52.9 Å². The minimum absolute atomic E-state index is 0.180. The number of hydrogen-bond donors (Lipinski definition) is 0. The first-order valence-electron chi connectivity index (χ1n) is 6.64. The van der Waals surface area contributed by atoms with E-state index in [1.54, 1.807) is 18.2 Å². The van der Waals surface area contributed by atoms with Crippen molar-refractivity contribution in [3.05, 3.63) is 75.9 Å². The van der Waals surface area contributed by atoms with E-state index in [1.165, 1.54) is 0 Å². The van der Waals surface area contributed by atoms with E-state index in [0.717, 1.165) is 5.56 Å². The Bertz CT molecular complexity index is 760. The number of aromatic nitrogens is 2. The van der Waals surface area contributed by atoms with Gasteiger partial charge in [-0.1, -0.05) is 53.5 Å². The third-order valence-corrected chi connectivity index (χ3v) is 3.70. The Morgan fingerprint density at radius 1 is 0.909 bits per heavy atom. The van der Waals surface area contributed by atoms with Crippen molar-refractivity contribution >= 4 is 23.2 Å². The first-order chi connectivity index (χ1) is 10.7. The smallest absolute Gasteiger partial charge is 0.253 e. The first kappa shape index (κ1) is 14.9. The summed E-state index contributed by atoms with van der Waals surface area (Å²) in [4.78, 5) is 0. The van der Waals surface area contributed by atoms with Crippen LogP contribution < -0.4 is 4.74 Å². The lowest BCUT2D eigenvalue weighted by Gasteiger charge is -2.04. The third-order valence-electron chi connectivity index (χ3n) is 2.96. The van der Waals surface area contributed by atoms with Crippen molar-refractivity contribution < 1.29 is 9.15 Å². The molecule has 0 spiro atoms. The van der Waals surface area contributed by atoms with E-state index in [1.807, 2.05) is 30.3 Å². The average Bonchev–Trinajstić information content (AvgIpc) is 2.97. The van der Waals surface area contributed by atoms with E-state index < -0.39 is 0 Å². The molecule has 0 bridgehead atoms. The summed E-state index contributed by atoms with van der Waals surface area (Å²) in [6.07, 6.45) is 0.598. The van der Waals surface area contributed by atoms with Gasteiger partial charge in [-0.2, -0.15) is 0 Å². The van der Waals surface area contributed by atoms with Crippen molar-refractivity contribution in [1.29, 1.82) is 0 Å². The molecule has 2 aromatic carbocycles. The van der Waals surface area contributed by atoms with Gasteiger partial charge in [0.1, 0.15) is 5.75 Å². The summed E-state index contributed by atoms with van der Waals surface area (Å²) in [6.45, 7) is 0.180. The number of hydrogen-bond acceptors (Lipinski definition) is 4. The van der Waals surface area contributed by atoms with E-state index in [0.29, 0.717) is 34.0 Å². The molecule has 0 atom stereocenters. The standard InChI is InChI=1S/C16H12Cl2N2O2/c17-13-7-6-12(9-14(13)18)21-10-16-20-19-15(22-16)8-11-4-2-1-3-5-11/h1-7,9H,8,10H2. The van der Waals surface area contributed by atoms with Gasteiger partial charge in [0.15, 0.2) is 6.61 Å². The van der Waals surface area contributed by atoms with Gasteiger partial charge in [-0.05, 0) is 17.7 Å². The first-order valence-corrected chi connectivity index (χ1v) is 7.39. The fraction of sp³-hybridized carbons (Fsp3) is 0.125. The highest BCUT2D eigenvalue weighted by Gasteiger charge is 2.08. The van der Waals surface area contributed by atoms with Crippen LogP contribution in [-0.2, 0) is 13.0 Å². The molecule has 4 nitrogen and oxygen atoms in total. The van der Waals surface area contributed by atoms with E-state index in [-0.39, 0.29) is 6.61 Å². The third kappa shape index (κ3) is 3.78. The molecular formula is C16H12Cl2N2O2. The number of halogens is 2. The molecule has 1 aromatic heterocycles. The molecule has 0 unspecified atom stereocenters. The van der Waals surface area contributed by atoms with Crippen LogP contribution in [0.4, 0.5) is 0 Å². The van der Waals surface area contributed by atoms with Crippen LogP contribution >= 0.6 is 23.2 Å². The number of benzene rings is 2. The Balaban J connectivity index is 1.61. The van der Waals surface area contributed by atoms with Gasteiger partial charge >= 0.3 is 0 Å². The van der Waals surface area contributed by atoms with Gasteiger partial charge in [0.05, 0.1) is 16.5 Å². The quantitative estimate of drug-likeness (QED) is 0.686. The van der Waals surface area contributed by atoms with Crippen molar-refractivity contribution in [2.24, 2.45) is 0 Å². The second-order valence-electron chi connectivity index (χ2n) is 4.62. The molecule has 22 heavy (non-hydrogen) atoms. The van der Waals surface area contributed by atoms with Gasteiger partial charge in [0.25, 0.3) is 5.89 Å². The fourth-order valence-corrected chi connectivity index (χ4v) is 2.19. The van der Waals surface area contributed by atoms with Crippen LogP contribution in [0.3, 0.4) is 0 Å². The Morgan fingerprint density at radius 3 is 2.45 bits per heavy atom.